The second kappa shape index (κ2) is 7.41. The standard InChI is InChI=1S/C21H22F2N4O/c1-15(26-9-8-16-4-2-3-5-17(16)11-26)21(28,12-27-14-24-13-25-27)19-7-6-18(22)10-20(19)23/h2-7,10,13-15,28H,8-9,11-12H2,1H3/t15-,21-/m1/s1. The molecule has 2 atom stereocenters. The molecule has 0 fully saturated rings. The molecule has 28 heavy (non-hydrogen) atoms. The van der Waals surface area contributed by atoms with Gasteiger partial charge in [0.25, 0.3) is 0 Å². The summed E-state index contributed by atoms with van der Waals surface area (Å²) in [6, 6.07) is 11.0. The first-order valence-electron chi connectivity index (χ1n) is 9.28. The third kappa shape index (κ3) is 3.43. The van der Waals surface area contributed by atoms with E-state index in [4.69, 9.17) is 0 Å². The van der Waals surface area contributed by atoms with Crippen LogP contribution in [-0.4, -0.2) is 37.4 Å². The SMILES string of the molecule is C[C@@H](N1CCc2ccccc2C1)[C@](O)(Cn1cncn1)c1ccc(F)cc1F. The first-order chi connectivity index (χ1) is 13.5. The van der Waals surface area contributed by atoms with E-state index in [0.29, 0.717) is 6.54 Å². The van der Waals surface area contributed by atoms with E-state index in [1.165, 1.54) is 40.6 Å². The zero-order chi connectivity index (χ0) is 19.7. The highest BCUT2D eigenvalue weighted by Crippen LogP contribution is 2.34. The number of nitrogens with zero attached hydrogens (tertiary/aromatic N) is 4. The quantitative estimate of drug-likeness (QED) is 0.735. The summed E-state index contributed by atoms with van der Waals surface area (Å²) in [6.07, 6.45) is 3.69. The van der Waals surface area contributed by atoms with Gasteiger partial charge in [-0.3, -0.25) is 4.90 Å². The van der Waals surface area contributed by atoms with Gasteiger partial charge in [-0.05, 0) is 30.5 Å². The molecule has 0 saturated heterocycles. The molecule has 0 saturated carbocycles. The number of hydrogen-bond donors (Lipinski definition) is 1. The Bertz CT molecular complexity index is 963. The Morgan fingerprint density at radius 3 is 2.68 bits per heavy atom. The summed E-state index contributed by atoms with van der Waals surface area (Å²) in [4.78, 5) is 6.04. The largest absolute Gasteiger partial charge is 0.381 e. The fourth-order valence-electron chi connectivity index (χ4n) is 3.99. The molecular formula is C21H22F2N4O. The van der Waals surface area contributed by atoms with Crippen molar-refractivity contribution in [1.29, 1.82) is 0 Å². The summed E-state index contributed by atoms with van der Waals surface area (Å²) in [7, 11) is 0. The van der Waals surface area contributed by atoms with Crippen molar-refractivity contribution in [1.82, 2.24) is 19.7 Å². The summed E-state index contributed by atoms with van der Waals surface area (Å²) in [5, 5.41) is 15.8. The summed E-state index contributed by atoms with van der Waals surface area (Å²) < 4.78 is 29.6. The van der Waals surface area contributed by atoms with Crippen LogP contribution in [0.2, 0.25) is 0 Å². The van der Waals surface area contributed by atoms with Gasteiger partial charge in [0.2, 0.25) is 0 Å². The van der Waals surface area contributed by atoms with Crippen molar-refractivity contribution in [2.75, 3.05) is 6.54 Å². The minimum atomic E-state index is -1.61. The van der Waals surface area contributed by atoms with E-state index in [-0.39, 0.29) is 12.1 Å². The van der Waals surface area contributed by atoms with E-state index < -0.39 is 23.3 Å². The molecule has 146 valence electrons. The minimum absolute atomic E-state index is 0.00880. The van der Waals surface area contributed by atoms with Crippen molar-refractivity contribution in [2.24, 2.45) is 0 Å². The van der Waals surface area contributed by atoms with Crippen LogP contribution in [0, 0.1) is 11.6 Å². The van der Waals surface area contributed by atoms with Gasteiger partial charge in [0.05, 0.1) is 6.54 Å². The Morgan fingerprint density at radius 2 is 1.96 bits per heavy atom. The van der Waals surface area contributed by atoms with Crippen LogP contribution >= 0.6 is 0 Å². The lowest BCUT2D eigenvalue weighted by molar-refractivity contribution is -0.0677. The predicted molar refractivity (Wildman–Crippen MR) is 100 cm³/mol. The number of benzene rings is 2. The lowest BCUT2D eigenvalue weighted by Gasteiger charge is -2.43. The van der Waals surface area contributed by atoms with Crippen molar-refractivity contribution < 1.29 is 13.9 Å². The molecule has 1 aliphatic rings. The van der Waals surface area contributed by atoms with Crippen molar-refractivity contribution in [3.8, 4) is 0 Å². The molecule has 0 unspecified atom stereocenters. The third-order valence-corrected chi connectivity index (χ3v) is 5.67. The van der Waals surface area contributed by atoms with Crippen LogP contribution in [0.15, 0.2) is 55.1 Å². The van der Waals surface area contributed by atoms with Gasteiger partial charge in [0.15, 0.2) is 0 Å². The Kier molecular flexibility index (Phi) is 4.95. The highest BCUT2D eigenvalue weighted by atomic mass is 19.1. The molecule has 0 aliphatic carbocycles. The maximum absolute atomic E-state index is 14.7. The molecular weight excluding hydrogens is 362 g/mol. The first-order valence-corrected chi connectivity index (χ1v) is 9.28. The molecule has 0 radical (unpaired) electrons. The molecule has 0 spiro atoms. The topological polar surface area (TPSA) is 54.2 Å². The van der Waals surface area contributed by atoms with E-state index >= 15 is 0 Å². The number of hydrogen-bond acceptors (Lipinski definition) is 4. The first kappa shape index (κ1) is 18.7. The Hall–Kier alpha value is -2.64. The number of rotatable bonds is 5. The van der Waals surface area contributed by atoms with Crippen molar-refractivity contribution in [3.05, 3.63) is 83.4 Å². The van der Waals surface area contributed by atoms with Gasteiger partial charge in [0.1, 0.15) is 29.9 Å². The maximum atomic E-state index is 14.7. The molecule has 2 heterocycles. The smallest absolute Gasteiger partial charge is 0.137 e. The zero-order valence-corrected chi connectivity index (χ0v) is 15.6. The van der Waals surface area contributed by atoms with E-state index in [0.717, 1.165) is 19.0 Å². The summed E-state index contributed by atoms with van der Waals surface area (Å²) in [5.41, 5.74) is 0.926. The van der Waals surface area contributed by atoms with Crippen LogP contribution in [0.3, 0.4) is 0 Å². The second-order valence-corrected chi connectivity index (χ2v) is 7.31. The van der Waals surface area contributed by atoms with E-state index in [1.807, 2.05) is 19.1 Å². The number of aromatic nitrogens is 3. The van der Waals surface area contributed by atoms with E-state index in [9.17, 15) is 13.9 Å². The number of fused-ring (bicyclic) bond motifs is 1. The summed E-state index contributed by atoms with van der Waals surface area (Å²) in [5.74, 6) is -1.45. The highest BCUT2D eigenvalue weighted by Gasteiger charge is 2.42. The Morgan fingerprint density at radius 1 is 1.18 bits per heavy atom. The van der Waals surface area contributed by atoms with Crippen molar-refractivity contribution in [2.45, 2.75) is 38.1 Å². The molecule has 5 nitrogen and oxygen atoms in total. The fourth-order valence-corrected chi connectivity index (χ4v) is 3.99. The van der Waals surface area contributed by atoms with Crippen molar-refractivity contribution >= 4 is 0 Å². The minimum Gasteiger partial charge on any atom is -0.381 e. The molecule has 1 aliphatic heterocycles. The highest BCUT2D eigenvalue weighted by molar-refractivity contribution is 5.31. The van der Waals surface area contributed by atoms with Crippen molar-refractivity contribution in [3.63, 3.8) is 0 Å². The van der Waals surface area contributed by atoms with Gasteiger partial charge in [-0.1, -0.05) is 30.3 Å². The van der Waals surface area contributed by atoms with Gasteiger partial charge in [-0.2, -0.15) is 5.10 Å². The molecule has 7 heteroatoms. The van der Waals surface area contributed by atoms with E-state index in [1.54, 1.807) is 0 Å². The molecule has 4 rings (SSSR count). The lowest BCUT2D eigenvalue weighted by atomic mass is 9.84. The van der Waals surface area contributed by atoms with Gasteiger partial charge >= 0.3 is 0 Å². The average Bonchev–Trinajstić information content (AvgIpc) is 3.19. The van der Waals surface area contributed by atoms with Crippen LogP contribution in [0.25, 0.3) is 0 Å². The molecule has 3 aromatic rings. The van der Waals surface area contributed by atoms with Crippen LogP contribution < -0.4 is 0 Å². The van der Waals surface area contributed by atoms with Gasteiger partial charge in [0, 0.05) is 30.8 Å². The zero-order valence-electron chi connectivity index (χ0n) is 15.6. The molecule has 2 aromatic carbocycles. The van der Waals surface area contributed by atoms with Gasteiger partial charge in [-0.25, -0.2) is 18.4 Å². The van der Waals surface area contributed by atoms with Gasteiger partial charge < -0.3 is 5.11 Å². The Balaban J connectivity index is 1.70. The number of aliphatic hydroxyl groups is 1. The van der Waals surface area contributed by atoms with Gasteiger partial charge in [-0.15, -0.1) is 0 Å². The summed E-state index contributed by atoms with van der Waals surface area (Å²) >= 11 is 0. The molecule has 1 aromatic heterocycles. The lowest BCUT2D eigenvalue weighted by Crippen LogP contribution is -2.53. The van der Waals surface area contributed by atoms with Crippen LogP contribution in [0.4, 0.5) is 8.78 Å². The molecule has 1 N–H and O–H groups in total. The Labute approximate surface area is 162 Å². The average molecular weight is 384 g/mol. The fraction of sp³-hybridized carbons (Fsp3) is 0.333. The normalized spacial score (nSPS) is 17.7. The monoisotopic (exact) mass is 384 g/mol. The van der Waals surface area contributed by atoms with E-state index in [2.05, 4.69) is 27.1 Å². The van der Waals surface area contributed by atoms with Crippen LogP contribution in [0.1, 0.15) is 23.6 Å². The second-order valence-electron chi connectivity index (χ2n) is 7.31. The summed E-state index contributed by atoms with van der Waals surface area (Å²) in [6.45, 7) is 3.27. The molecule has 0 bridgehead atoms. The maximum Gasteiger partial charge on any atom is 0.137 e. The number of halogens is 2. The van der Waals surface area contributed by atoms with Crippen LogP contribution in [-0.2, 0) is 25.1 Å². The van der Waals surface area contributed by atoms with Crippen LogP contribution in [0.5, 0.6) is 0 Å². The predicted octanol–water partition coefficient (Wildman–Crippen LogP) is 2.89. The third-order valence-electron chi connectivity index (χ3n) is 5.67. The molecule has 0 amide bonds.